The summed E-state index contributed by atoms with van der Waals surface area (Å²) < 4.78 is 0. The van der Waals surface area contributed by atoms with Crippen molar-refractivity contribution in [1.82, 2.24) is 0 Å². The van der Waals surface area contributed by atoms with Gasteiger partial charge in [-0.15, -0.1) is 0 Å². The quantitative estimate of drug-likeness (QED) is 0.548. The van der Waals surface area contributed by atoms with Crippen molar-refractivity contribution in [3.05, 3.63) is 0 Å². The van der Waals surface area contributed by atoms with Gasteiger partial charge in [0.1, 0.15) is 17.3 Å². The third-order valence-corrected chi connectivity index (χ3v) is 6.52. The topological polar surface area (TPSA) is 78.1 Å². The molecule has 0 bridgehead atoms. The van der Waals surface area contributed by atoms with Crippen LogP contribution in [-0.2, 0) is 0 Å². The number of nitrogens with two attached hydrogens (primary N) is 3. The third-order valence-electron chi connectivity index (χ3n) is 3.08. The lowest BCUT2D eigenvalue weighted by Crippen LogP contribution is -2.37. The first-order valence-electron chi connectivity index (χ1n) is 6.71. The van der Waals surface area contributed by atoms with E-state index in [0.29, 0.717) is 0 Å². The fourth-order valence-corrected chi connectivity index (χ4v) is 5.77. The molecule has 0 spiro atoms. The van der Waals surface area contributed by atoms with Gasteiger partial charge in [0.05, 0.1) is 7.92 Å². The average molecular weight is 248 g/mol. The Balaban J connectivity index is 4.47. The molecule has 0 fully saturated rings. The Morgan fingerprint density at radius 3 is 1.12 bits per heavy atom. The number of hydrogen-bond donors (Lipinski definition) is 3. The van der Waals surface area contributed by atoms with Crippen LogP contribution in [-0.4, -0.2) is 17.3 Å². The van der Waals surface area contributed by atoms with Crippen molar-refractivity contribution in [3.8, 4) is 0 Å². The van der Waals surface area contributed by atoms with Crippen LogP contribution in [0, 0.1) is 0 Å². The molecule has 0 aromatic heterocycles. The second-order valence-electron chi connectivity index (χ2n) is 4.69. The Kier molecular flexibility index (Phi) is 9.53. The van der Waals surface area contributed by atoms with Gasteiger partial charge in [0.15, 0.2) is 0 Å². The van der Waals surface area contributed by atoms with Gasteiger partial charge in [-0.25, -0.2) is 0 Å². The first kappa shape index (κ1) is 16.3. The highest BCUT2D eigenvalue weighted by Crippen LogP contribution is 2.49. The summed E-state index contributed by atoms with van der Waals surface area (Å²) in [7, 11) is -0.832. The zero-order valence-electron chi connectivity index (χ0n) is 11.2. The van der Waals surface area contributed by atoms with Gasteiger partial charge in [-0.2, -0.15) is 0 Å². The monoisotopic (exact) mass is 248 g/mol. The smallest absolute Gasteiger partial charge is 0.118 e. The van der Waals surface area contributed by atoms with Crippen molar-refractivity contribution in [1.29, 1.82) is 0 Å². The number of rotatable bonds is 9. The molecule has 0 aliphatic carbocycles. The van der Waals surface area contributed by atoms with Gasteiger partial charge in [-0.1, -0.05) is 40.0 Å². The van der Waals surface area contributed by atoms with E-state index >= 15 is 0 Å². The van der Waals surface area contributed by atoms with Crippen molar-refractivity contribution >= 4 is 7.92 Å². The largest absolute Gasteiger partial charge is 0.297 e. The summed E-state index contributed by atoms with van der Waals surface area (Å²) in [6.07, 6.45) is 6.61. The van der Waals surface area contributed by atoms with Crippen molar-refractivity contribution in [3.63, 3.8) is 0 Å². The predicted octanol–water partition coefficient (Wildman–Crippen LogP) is 2.46. The molecule has 0 aromatic rings. The molecular weight excluding hydrogens is 217 g/mol. The Labute approximate surface area is 102 Å². The van der Waals surface area contributed by atoms with Gasteiger partial charge in [-0.05, 0) is 19.3 Å². The fraction of sp³-hybridized carbons (Fsp3) is 1.00. The minimum Gasteiger partial charge on any atom is -0.297 e. The molecule has 0 radical (unpaired) electrons. The van der Waals surface area contributed by atoms with Crippen LogP contribution in [0.25, 0.3) is 0 Å². The molecule has 16 heavy (non-hydrogen) atoms. The van der Waals surface area contributed by atoms with E-state index in [1.807, 2.05) is 0 Å². The molecule has 0 rings (SSSR count). The van der Waals surface area contributed by atoms with E-state index in [-0.39, 0.29) is 17.3 Å². The molecule has 3 nitrogen and oxygen atoms in total. The lowest BCUT2D eigenvalue weighted by Gasteiger charge is -2.27. The summed E-state index contributed by atoms with van der Waals surface area (Å²) in [6, 6.07) is 0. The average Bonchev–Trinajstić information content (AvgIpc) is 2.19. The Bertz CT molecular complexity index is 138. The van der Waals surface area contributed by atoms with Crippen LogP contribution in [0.3, 0.4) is 0 Å². The standard InChI is InChI=1S/C12H30N3P/c1-4-7-10(13)16(11(14)8-5-2)12(15)9-6-3/h10-12H,4-9,13-15H2,1-3H3/p+1. The maximum atomic E-state index is 6.28. The second-order valence-corrected chi connectivity index (χ2v) is 7.91. The molecule has 0 amide bonds. The van der Waals surface area contributed by atoms with E-state index in [1.165, 1.54) is 0 Å². The van der Waals surface area contributed by atoms with Crippen LogP contribution in [0.4, 0.5) is 0 Å². The fourth-order valence-electron chi connectivity index (χ4n) is 2.26. The summed E-state index contributed by atoms with van der Waals surface area (Å²) in [5, 5.41) is 0. The lowest BCUT2D eigenvalue weighted by atomic mass is 10.3. The van der Waals surface area contributed by atoms with Gasteiger partial charge >= 0.3 is 0 Å². The highest BCUT2D eigenvalue weighted by atomic mass is 31.1. The summed E-state index contributed by atoms with van der Waals surface area (Å²) in [4.78, 5) is 0. The Morgan fingerprint density at radius 1 is 0.688 bits per heavy atom. The summed E-state index contributed by atoms with van der Waals surface area (Å²) in [6.45, 7) is 6.53. The summed E-state index contributed by atoms with van der Waals surface area (Å²) in [5.41, 5.74) is 18.8. The molecule has 0 aliphatic heterocycles. The van der Waals surface area contributed by atoms with Crippen molar-refractivity contribution in [2.75, 3.05) is 0 Å². The molecule has 0 aromatic carbocycles. The van der Waals surface area contributed by atoms with Crippen LogP contribution in [0.15, 0.2) is 0 Å². The SMILES string of the molecule is CCCC(N)[PH+](C(N)CCC)C(N)CCC. The Hall–Kier alpha value is 0.310. The minimum absolute atomic E-state index is 0.262. The molecule has 0 aliphatic rings. The van der Waals surface area contributed by atoms with E-state index in [9.17, 15) is 0 Å². The second kappa shape index (κ2) is 9.35. The molecule has 3 atom stereocenters. The molecule has 6 N–H and O–H groups in total. The summed E-state index contributed by atoms with van der Waals surface area (Å²) in [5.74, 6) is 0.786. The molecule has 0 saturated heterocycles. The minimum atomic E-state index is -0.832. The molecule has 0 heterocycles. The normalized spacial score (nSPS) is 19.1. The molecule has 4 heteroatoms. The highest BCUT2D eigenvalue weighted by Gasteiger charge is 2.35. The van der Waals surface area contributed by atoms with Gasteiger partial charge in [-0.3, -0.25) is 17.2 Å². The summed E-state index contributed by atoms with van der Waals surface area (Å²) >= 11 is 0. The van der Waals surface area contributed by atoms with E-state index in [1.54, 1.807) is 0 Å². The van der Waals surface area contributed by atoms with Crippen LogP contribution in [0.2, 0.25) is 0 Å². The van der Waals surface area contributed by atoms with Crippen LogP contribution in [0.1, 0.15) is 59.3 Å². The first-order chi connectivity index (χ1) is 7.58. The third kappa shape index (κ3) is 5.58. The van der Waals surface area contributed by atoms with Crippen LogP contribution in [0.5, 0.6) is 0 Å². The zero-order valence-corrected chi connectivity index (χ0v) is 12.2. The molecule has 0 saturated carbocycles. The van der Waals surface area contributed by atoms with E-state index in [0.717, 1.165) is 38.5 Å². The van der Waals surface area contributed by atoms with Crippen LogP contribution < -0.4 is 17.2 Å². The highest BCUT2D eigenvalue weighted by molar-refractivity contribution is 7.59. The van der Waals surface area contributed by atoms with Crippen molar-refractivity contribution < 1.29 is 0 Å². The van der Waals surface area contributed by atoms with Crippen molar-refractivity contribution in [2.45, 2.75) is 76.6 Å². The molecule has 98 valence electrons. The zero-order chi connectivity index (χ0) is 12.6. The van der Waals surface area contributed by atoms with E-state index < -0.39 is 7.92 Å². The van der Waals surface area contributed by atoms with Gasteiger partial charge in [0.25, 0.3) is 0 Å². The first-order valence-corrected chi connectivity index (χ1v) is 8.44. The van der Waals surface area contributed by atoms with Gasteiger partial charge in [0.2, 0.25) is 0 Å². The van der Waals surface area contributed by atoms with Gasteiger partial charge < -0.3 is 0 Å². The predicted molar refractivity (Wildman–Crippen MR) is 77.0 cm³/mol. The van der Waals surface area contributed by atoms with Gasteiger partial charge in [0, 0.05) is 0 Å². The molecular formula is C12H31N3P+. The number of hydrogen-bond acceptors (Lipinski definition) is 3. The lowest BCUT2D eigenvalue weighted by molar-refractivity contribution is 0.673. The van der Waals surface area contributed by atoms with E-state index in [2.05, 4.69) is 20.8 Å². The molecule has 3 unspecified atom stereocenters. The maximum absolute atomic E-state index is 6.28. The van der Waals surface area contributed by atoms with Crippen molar-refractivity contribution in [2.24, 2.45) is 17.2 Å². The Morgan fingerprint density at radius 2 is 0.938 bits per heavy atom. The van der Waals surface area contributed by atoms with E-state index in [4.69, 9.17) is 17.2 Å². The maximum Gasteiger partial charge on any atom is 0.118 e. The van der Waals surface area contributed by atoms with Crippen LogP contribution >= 0.6 is 7.92 Å².